The lowest BCUT2D eigenvalue weighted by molar-refractivity contribution is -0.138. The predicted octanol–water partition coefficient (Wildman–Crippen LogP) is 3.94. The molecular formula is C31H41ClN4O5. The lowest BCUT2D eigenvalue weighted by Gasteiger charge is -2.33. The van der Waals surface area contributed by atoms with Gasteiger partial charge in [0.2, 0.25) is 17.7 Å². The lowest BCUT2D eigenvalue weighted by atomic mass is 9.99. The number of amides is 4. The van der Waals surface area contributed by atoms with Gasteiger partial charge in [-0.15, -0.1) is 0 Å². The zero-order valence-electron chi connectivity index (χ0n) is 24.4. The average Bonchev–Trinajstić information content (AvgIpc) is 2.92. The second-order valence-corrected chi connectivity index (χ2v) is 11.8. The van der Waals surface area contributed by atoms with Crippen molar-refractivity contribution in [2.45, 2.75) is 71.6 Å². The second-order valence-electron chi connectivity index (χ2n) is 11.4. The number of hydrogen-bond donors (Lipinski definition) is 3. The molecule has 0 aromatic heterocycles. The molecule has 3 atom stereocenters. The summed E-state index contributed by atoms with van der Waals surface area (Å²) in [6.07, 6.45) is 0.754. The minimum Gasteiger partial charge on any atom is -0.491 e. The normalized spacial score (nSPS) is 20.5. The first-order valence-corrected chi connectivity index (χ1v) is 14.4. The molecule has 9 nitrogen and oxygen atoms in total. The first-order chi connectivity index (χ1) is 19.4. The number of nitrogens with one attached hydrogen (secondary N) is 3. The zero-order valence-corrected chi connectivity index (χ0v) is 25.2. The predicted molar refractivity (Wildman–Crippen MR) is 159 cm³/mol. The Morgan fingerprint density at radius 2 is 1.66 bits per heavy atom. The van der Waals surface area contributed by atoms with Gasteiger partial charge in [0.05, 0.1) is 18.0 Å². The van der Waals surface area contributed by atoms with Crippen molar-refractivity contribution in [3.63, 3.8) is 0 Å². The van der Waals surface area contributed by atoms with Crippen molar-refractivity contribution in [1.29, 1.82) is 0 Å². The van der Waals surface area contributed by atoms with E-state index in [1.54, 1.807) is 60.5 Å². The van der Waals surface area contributed by atoms with Crippen LogP contribution in [0.25, 0.3) is 0 Å². The summed E-state index contributed by atoms with van der Waals surface area (Å²) in [7, 11) is 1.72. The molecular weight excluding hydrogens is 544 g/mol. The van der Waals surface area contributed by atoms with Crippen molar-refractivity contribution >= 4 is 35.2 Å². The van der Waals surface area contributed by atoms with E-state index in [1.165, 1.54) is 0 Å². The molecule has 0 saturated carbocycles. The molecule has 1 heterocycles. The number of halogens is 1. The average molecular weight is 585 g/mol. The van der Waals surface area contributed by atoms with Crippen LogP contribution < -0.4 is 20.7 Å². The highest BCUT2D eigenvalue weighted by atomic mass is 35.5. The molecule has 0 bridgehead atoms. The number of carbonyl (C=O) groups excluding carboxylic acids is 4. The molecule has 0 spiro atoms. The fraction of sp³-hybridized carbons (Fsp3) is 0.484. The molecule has 0 fully saturated rings. The van der Waals surface area contributed by atoms with Crippen molar-refractivity contribution in [3.8, 4) is 5.75 Å². The topological polar surface area (TPSA) is 117 Å². The van der Waals surface area contributed by atoms with E-state index in [0.717, 1.165) is 5.56 Å². The molecule has 0 saturated heterocycles. The summed E-state index contributed by atoms with van der Waals surface area (Å²) >= 11 is 5.95. The van der Waals surface area contributed by atoms with Crippen LogP contribution in [-0.4, -0.2) is 60.3 Å². The molecule has 0 aliphatic carbocycles. The van der Waals surface area contributed by atoms with Crippen molar-refractivity contribution < 1.29 is 23.9 Å². The Kier molecular flexibility index (Phi) is 11.6. The quantitative estimate of drug-likeness (QED) is 0.456. The van der Waals surface area contributed by atoms with Crippen molar-refractivity contribution in [3.05, 3.63) is 64.7 Å². The lowest BCUT2D eigenvalue weighted by Crippen LogP contribution is -2.54. The highest BCUT2D eigenvalue weighted by Gasteiger charge is 2.32. The van der Waals surface area contributed by atoms with Crippen LogP contribution in [0.15, 0.2) is 48.5 Å². The Hall–Kier alpha value is -3.59. The van der Waals surface area contributed by atoms with E-state index in [9.17, 15) is 19.2 Å². The summed E-state index contributed by atoms with van der Waals surface area (Å²) in [5, 5.41) is 8.91. The molecule has 2 aromatic carbocycles. The SMILES string of the molecule is CC(C)C[C@H]1COc2ccccc2C(=O)N[C@H](C(=O)NCc2ccc(Cl)cc2)CC(=O)N[C@H](CC(C)C)C(=O)N1C. The Morgan fingerprint density at radius 1 is 1.00 bits per heavy atom. The van der Waals surface area contributed by atoms with Gasteiger partial charge < -0.3 is 25.6 Å². The standard InChI is InChI=1S/C31H41ClN4O5/c1-19(2)14-23-18-41-27-9-7-6-8-24(27)29(38)35-25(30(39)33-17-21-10-12-22(32)13-11-21)16-28(37)34-26(15-20(3)4)31(40)36(23)5/h6-13,19-20,23,25-26H,14-18H2,1-5H3,(H,33,39)(H,34,37)(H,35,38)/t23-,25-,26+/m0/s1. The number of nitrogens with zero attached hydrogens (tertiary/aromatic N) is 1. The van der Waals surface area contributed by atoms with E-state index in [0.29, 0.717) is 23.6 Å². The van der Waals surface area contributed by atoms with E-state index in [-0.39, 0.29) is 48.9 Å². The number of para-hydroxylation sites is 1. The van der Waals surface area contributed by atoms with Gasteiger partial charge in [-0.1, -0.05) is 63.6 Å². The highest BCUT2D eigenvalue weighted by Crippen LogP contribution is 2.22. The van der Waals surface area contributed by atoms with Gasteiger partial charge in [0.25, 0.3) is 5.91 Å². The first kappa shape index (κ1) is 31.9. The Morgan fingerprint density at radius 3 is 2.32 bits per heavy atom. The zero-order chi connectivity index (χ0) is 30.1. The van der Waals surface area contributed by atoms with E-state index < -0.39 is 29.8 Å². The number of carbonyl (C=O) groups is 4. The maximum absolute atomic E-state index is 13.7. The van der Waals surface area contributed by atoms with Gasteiger partial charge in [-0.05, 0) is 54.5 Å². The van der Waals surface area contributed by atoms with Crippen LogP contribution in [0.5, 0.6) is 5.75 Å². The summed E-state index contributed by atoms with van der Waals surface area (Å²) in [5.74, 6) is -1.07. The number of rotatable bonds is 7. The Labute approximate surface area is 247 Å². The molecule has 222 valence electrons. The van der Waals surface area contributed by atoms with Crippen LogP contribution in [0.2, 0.25) is 5.02 Å². The van der Waals surface area contributed by atoms with Crippen LogP contribution in [0.1, 0.15) is 62.9 Å². The van der Waals surface area contributed by atoms with E-state index >= 15 is 0 Å². The summed E-state index contributed by atoms with van der Waals surface area (Å²) in [6, 6.07) is 11.5. The molecule has 4 amide bonds. The fourth-order valence-corrected chi connectivity index (χ4v) is 4.89. The maximum Gasteiger partial charge on any atom is 0.255 e. The summed E-state index contributed by atoms with van der Waals surface area (Å²) in [5.41, 5.74) is 1.04. The van der Waals surface area contributed by atoms with Gasteiger partial charge in [0, 0.05) is 18.6 Å². The molecule has 1 aliphatic rings. The molecule has 3 rings (SSSR count). The van der Waals surface area contributed by atoms with Gasteiger partial charge in [0.1, 0.15) is 24.4 Å². The van der Waals surface area contributed by atoms with Gasteiger partial charge in [-0.25, -0.2) is 0 Å². The third-order valence-electron chi connectivity index (χ3n) is 6.93. The smallest absolute Gasteiger partial charge is 0.255 e. The molecule has 10 heteroatoms. The summed E-state index contributed by atoms with van der Waals surface area (Å²) < 4.78 is 6.13. The molecule has 0 radical (unpaired) electrons. The summed E-state index contributed by atoms with van der Waals surface area (Å²) in [4.78, 5) is 55.3. The third-order valence-corrected chi connectivity index (χ3v) is 7.19. The summed E-state index contributed by atoms with van der Waals surface area (Å²) in [6.45, 7) is 8.43. The number of fused-ring (bicyclic) bond motifs is 1. The third kappa shape index (κ3) is 9.49. The Bertz CT molecular complexity index is 1220. The van der Waals surface area contributed by atoms with Gasteiger partial charge in [0.15, 0.2) is 0 Å². The van der Waals surface area contributed by atoms with Crippen LogP contribution in [-0.2, 0) is 20.9 Å². The fourth-order valence-electron chi connectivity index (χ4n) is 4.77. The van der Waals surface area contributed by atoms with Crippen molar-refractivity contribution in [2.24, 2.45) is 11.8 Å². The van der Waals surface area contributed by atoms with Gasteiger partial charge >= 0.3 is 0 Å². The van der Waals surface area contributed by atoms with Crippen LogP contribution in [0.3, 0.4) is 0 Å². The van der Waals surface area contributed by atoms with Crippen molar-refractivity contribution in [2.75, 3.05) is 13.7 Å². The minimum absolute atomic E-state index is 0.126. The van der Waals surface area contributed by atoms with Crippen molar-refractivity contribution in [1.82, 2.24) is 20.9 Å². The second kappa shape index (κ2) is 14.9. The van der Waals surface area contributed by atoms with Gasteiger partial charge in [-0.2, -0.15) is 0 Å². The number of benzene rings is 2. The molecule has 1 aliphatic heterocycles. The van der Waals surface area contributed by atoms with E-state index in [2.05, 4.69) is 29.8 Å². The molecule has 0 unspecified atom stereocenters. The number of ether oxygens (including phenoxy) is 1. The highest BCUT2D eigenvalue weighted by molar-refractivity contribution is 6.30. The van der Waals surface area contributed by atoms with E-state index in [1.807, 2.05) is 13.8 Å². The van der Waals surface area contributed by atoms with Gasteiger partial charge in [-0.3, -0.25) is 19.2 Å². The van der Waals surface area contributed by atoms with Crippen LogP contribution >= 0.6 is 11.6 Å². The van der Waals surface area contributed by atoms with E-state index in [4.69, 9.17) is 16.3 Å². The Balaban J connectivity index is 1.93. The largest absolute Gasteiger partial charge is 0.491 e. The number of likely N-dealkylation sites (N-methyl/N-ethyl adjacent to an activating group) is 1. The molecule has 3 N–H and O–H groups in total. The molecule has 41 heavy (non-hydrogen) atoms. The van der Waals surface area contributed by atoms with Crippen LogP contribution in [0.4, 0.5) is 0 Å². The first-order valence-electron chi connectivity index (χ1n) is 14.1. The monoisotopic (exact) mass is 584 g/mol. The molecule has 2 aromatic rings. The maximum atomic E-state index is 13.7. The van der Waals surface area contributed by atoms with Crippen LogP contribution in [0, 0.1) is 11.8 Å². The minimum atomic E-state index is -1.19. The number of hydrogen-bond acceptors (Lipinski definition) is 5.